The monoisotopic (exact) mass is 419 g/mol. The number of hydrogen-bond donors (Lipinski definition) is 0. The van der Waals surface area contributed by atoms with Crippen LogP contribution in [-0.4, -0.2) is 84.7 Å². The van der Waals surface area contributed by atoms with Crippen LogP contribution in [0.3, 0.4) is 0 Å². The zero-order valence-corrected chi connectivity index (χ0v) is 17.9. The first-order chi connectivity index (χ1) is 13.8. The van der Waals surface area contributed by atoms with Gasteiger partial charge in [-0.2, -0.15) is 0 Å². The normalized spacial score (nSPS) is 25.5. The molecule has 0 saturated carbocycles. The van der Waals surface area contributed by atoms with Crippen LogP contribution in [0.5, 0.6) is 0 Å². The molecule has 0 N–H and O–H groups in total. The van der Waals surface area contributed by atoms with Crippen molar-refractivity contribution in [3.05, 3.63) is 35.4 Å². The van der Waals surface area contributed by atoms with Gasteiger partial charge >= 0.3 is 0 Å². The summed E-state index contributed by atoms with van der Waals surface area (Å²) in [6.07, 6.45) is 0.686. The van der Waals surface area contributed by atoms with Crippen molar-refractivity contribution in [2.75, 3.05) is 37.7 Å². The van der Waals surface area contributed by atoms with Crippen LogP contribution in [0.15, 0.2) is 24.3 Å². The number of carbonyl (C=O) groups is 2. The van der Waals surface area contributed by atoms with Gasteiger partial charge in [0, 0.05) is 44.3 Å². The predicted octanol–water partition coefficient (Wildman–Crippen LogP) is 0.998. The summed E-state index contributed by atoms with van der Waals surface area (Å²) >= 11 is 0. The van der Waals surface area contributed by atoms with Crippen LogP contribution in [0.2, 0.25) is 0 Å². The summed E-state index contributed by atoms with van der Waals surface area (Å²) < 4.78 is 23.5. The fraction of sp³-hybridized carbons (Fsp3) is 0.619. The Morgan fingerprint density at radius 2 is 1.79 bits per heavy atom. The maximum atomic E-state index is 13.4. The van der Waals surface area contributed by atoms with Crippen LogP contribution in [0.25, 0.3) is 0 Å². The van der Waals surface area contributed by atoms with Crippen LogP contribution in [0.4, 0.5) is 0 Å². The summed E-state index contributed by atoms with van der Waals surface area (Å²) in [5, 5.41) is 0. The van der Waals surface area contributed by atoms with Crippen molar-refractivity contribution in [2.24, 2.45) is 5.92 Å². The van der Waals surface area contributed by atoms with E-state index >= 15 is 0 Å². The van der Waals surface area contributed by atoms with Crippen molar-refractivity contribution in [1.82, 2.24) is 14.7 Å². The van der Waals surface area contributed by atoms with Gasteiger partial charge in [-0.15, -0.1) is 0 Å². The minimum atomic E-state index is -2.91. The third kappa shape index (κ3) is 3.92. The number of amides is 2. The van der Waals surface area contributed by atoms with Gasteiger partial charge in [0.2, 0.25) is 5.91 Å². The third-order valence-corrected chi connectivity index (χ3v) is 8.17. The number of nitrogens with zero attached hydrogens (tertiary/aromatic N) is 3. The van der Waals surface area contributed by atoms with Crippen molar-refractivity contribution in [3.63, 3.8) is 0 Å². The van der Waals surface area contributed by atoms with Gasteiger partial charge < -0.3 is 9.80 Å². The Morgan fingerprint density at radius 3 is 2.38 bits per heavy atom. The second-order valence-electron chi connectivity index (χ2n) is 8.70. The summed E-state index contributed by atoms with van der Waals surface area (Å²) in [6, 6.07) is 7.15. The van der Waals surface area contributed by atoms with Crippen molar-refractivity contribution >= 4 is 21.7 Å². The third-order valence-electron chi connectivity index (χ3n) is 6.42. The molecule has 8 heteroatoms. The highest BCUT2D eigenvalue weighted by molar-refractivity contribution is 7.91. The Morgan fingerprint density at radius 1 is 1.10 bits per heavy atom. The molecule has 4 rings (SSSR count). The molecule has 2 atom stereocenters. The second kappa shape index (κ2) is 7.72. The first-order valence-electron chi connectivity index (χ1n) is 10.4. The molecule has 3 aliphatic rings. The fourth-order valence-corrected chi connectivity index (χ4v) is 6.60. The van der Waals surface area contributed by atoms with Crippen molar-refractivity contribution in [1.29, 1.82) is 0 Å². The number of fused-ring (bicyclic) bond motifs is 1. The molecule has 158 valence electrons. The zero-order valence-electron chi connectivity index (χ0n) is 17.1. The maximum absolute atomic E-state index is 13.4. The molecular weight excluding hydrogens is 390 g/mol. The van der Waals surface area contributed by atoms with E-state index in [1.807, 2.05) is 43.0 Å². The number of benzene rings is 1. The average Bonchev–Trinajstić information content (AvgIpc) is 3.22. The number of carbonyl (C=O) groups excluding carboxylic acids is 2. The van der Waals surface area contributed by atoms with Gasteiger partial charge in [-0.3, -0.25) is 14.5 Å². The lowest BCUT2D eigenvalue weighted by molar-refractivity contribution is -0.139. The highest BCUT2D eigenvalue weighted by Crippen LogP contribution is 2.28. The van der Waals surface area contributed by atoms with Crippen LogP contribution in [0.1, 0.15) is 36.2 Å². The maximum Gasteiger partial charge on any atom is 0.255 e. The molecule has 2 amide bonds. The van der Waals surface area contributed by atoms with Crippen molar-refractivity contribution < 1.29 is 18.0 Å². The SMILES string of the molecule is CC(C)[C@H](C(=O)N1CCN([C@H]2CCS(=O)(=O)C2)CC1)N1Cc2ccccc2C1=O. The number of rotatable bonds is 4. The number of sulfone groups is 1. The van der Waals surface area contributed by atoms with E-state index in [4.69, 9.17) is 0 Å². The van der Waals surface area contributed by atoms with Gasteiger partial charge in [0.25, 0.3) is 5.91 Å². The molecule has 2 fully saturated rings. The minimum absolute atomic E-state index is 0.000139. The summed E-state index contributed by atoms with van der Waals surface area (Å²) in [7, 11) is -2.91. The lowest BCUT2D eigenvalue weighted by Crippen LogP contribution is -2.57. The highest BCUT2D eigenvalue weighted by atomic mass is 32.2. The molecule has 1 aromatic rings. The molecule has 3 aliphatic heterocycles. The molecule has 3 heterocycles. The van der Waals surface area contributed by atoms with Crippen LogP contribution >= 0.6 is 0 Å². The lowest BCUT2D eigenvalue weighted by atomic mass is 10.0. The van der Waals surface area contributed by atoms with E-state index < -0.39 is 15.9 Å². The van der Waals surface area contributed by atoms with Crippen LogP contribution in [-0.2, 0) is 21.2 Å². The van der Waals surface area contributed by atoms with Crippen molar-refractivity contribution in [2.45, 2.75) is 38.9 Å². The highest BCUT2D eigenvalue weighted by Gasteiger charge is 2.41. The van der Waals surface area contributed by atoms with E-state index in [1.165, 1.54) is 0 Å². The fourth-order valence-electron chi connectivity index (χ4n) is 4.84. The van der Waals surface area contributed by atoms with Gasteiger partial charge in [-0.1, -0.05) is 32.0 Å². The topological polar surface area (TPSA) is 78.0 Å². The molecule has 7 nitrogen and oxygen atoms in total. The molecule has 29 heavy (non-hydrogen) atoms. The summed E-state index contributed by atoms with van der Waals surface area (Å²) in [5.41, 5.74) is 1.67. The molecule has 0 radical (unpaired) electrons. The minimum Gasteiger partial charge on any atom is -0.338 e. The van der Waals surface area contributed by atoms with Crippen molar-refractivity contribution in [3.8, 4) is 0 Å². The molecule has 0 aromatic heterocycles. The standard InChI is InChI=1S/C21H29N3O4S/c1-15(2)19(24-13-16-5-3-4-6-18(16)20(24)25)21(26)23-10-8-22(9-11-23)17-7-12-29(27,28)14-17/h3-6,15,17,19H,7-14H2,1-2H3/t17-,19+/m0/s1. The average molecular weight is 420 g/mol. The first kappa shape index (κ1) is 20.3. The van der Waals surface area contributed by atoms with Gasteiger partial charge in [0.1, 0.15) is 6.04 Å². The van der Waals surface area contributed by atoms with E-state index in [-0.39, 0.29) is 35.3 Å². The van der Waals surface area contributed by atoms with E-state index in [0.29, 0.717) is 44.7 Å². The Balaban J connectivity index is 1.42. The van der Waals surface area contributed by atoms with E-state index in [2.05, 4.69) is 4.90 Å². The van der Waals surface area contributed by atoms with E-state index in [9.17, 15) is 18.0 Å². The number of piperazine rings is 1. The largest absolute Gasteiger partial charge is 0.338 e. The van der Waals surface area contributed by atoms with E-state index in [0.717, 1.165) is 5.56 Å². The second-order valence-corrected chi connectivity index (χ2v) is 10.9. The smallest absolute Gasteiger partial charge is 0.255 e. The molecule has 1 aromatic carbocycles. The first-order valence-corrected chi connectivity index (χ1v) is 12.2. The zero-order chi connectivity index (χ0) is 20.8. The molecule has 0 aliphatic carbocycles. The van der Waals surface area contributed by atoms with Gasteiger partial charge in [-0.25, -0.2) is 8.42 Å². The summed E-state index contributed by atoms with van der Waals surface area (Å²) in [5.74, 6) is 0.445. The Kier molecular flexibility index (Phi) is 5.42. The van der Waals surface area contributed by atoms with Gasteiger partial charge in [-0.05, 0) is 24.0 Å². The van der Waals surface area contributed by atoms with Gasteiger partial charge in [0.05, 0.1) is 11.5 Å². The summed E-state index contributed by atoms with van der Waals surface area (Å²) in [4.78, 5) is 32.0. The quantitative estimate of drug-likeness (QED) is 0.728. The Labute approximate surface area is 172 Å². The van der Waals surface area contributed by atoms with Crippen LogP contribution in [0, 0.1) is 5.92 Å². The molecule has 0 unspecified atom stereocenters. The lowest BCUT2D eigenvalue weighted by Gasteiger charge is -2.41. The van der Waals surface area contributed by atoms with Gasteiger partial charge in [0.15, 0.2) is 9.84 Å². The molecule has 0 spiro atoms. The number of hydrogen-bond acceptors (Lipinski definition) is 5. The summed E-state index contributed by atoms with van der Waals surface area (Å²) in [6.45, 7) is 6.97. The predicted molar refractivity (Wildman–Crippen MR) is 110 cm³/mol. The van der Waals surface area contributed by atoms with E-state index in [1.54, 1.807) is 4.90 Å². The molecular formula is C21H29N3O4S. The molecule has 0 bridgehead atoms. The Bertz CT molecular complexity index is 906. The Hall–Kier alpha value is -1.93. The molecule has 2 saturated heterocycles. The van der Waals surface area contributed by atoms with Crippen LogP contribution < -0.4 is 0 Å².